The lowest BCUT2D eigenvalue weighted by molar-refractivity contribution is 0.0956. The fourth-order valence-electron chi connectivity index (χ4n) is 1.94. The number of carbonyl (C=O) groups is 1. The van der Waals surface area contributed by atoms with Gasteiger partial charge in [0.1, 0.15) is 0 Å². The maximum Gasteiger partial charge on any atom is 0.251 e. The molecule has 0 bridgehead atoms. The van der Waals surface area contributed by atoms with Gasteiger partial charge in [0, 0.05) is 32.2 Å². The van der Waals surface area contributed by atoms with Crippen LogP contribution >= 0.6 is 0 Å². The zero-order chi connectivity index (χ0) is 13.7. The second kappa shape index (κ2) is 6.22. The van der Waals surface area contributed by atoms with Gasteiger partial charge >= 0.3 is 0 Å². The summed E-state index contributed by atoms with van der Waals surface area (Å²) in [6, 6.07) is 7.63. The Balaban J connectivity index is 1.90. The molecule has 1 amide bonds. The smallest absolute Gasteiger partial charge is 0.251 e. The average Bonchev–Trinajstić information content (AvgIpc) is 2.83. The normalized spacial score (nSPS) is 14.2. The van der Waals surface area contributed by atoms with E-state index in [1.54, 1.807) is 0 Å². The lowest BCUT2D eigenvalue weighted by atomic mass is 10.1. The van der Waals surface area contributed by atoms with Gasteiger partial charge in [0.15, 0.2) is 5.96 Å². The molecule has 0 saturated heterocycles. The second-order valence-electron chi connectivity index (χ2n) is 4.54. The van der Waals surface area contributed by atoms with E-state index in [1.165, 1.54) is 0 Å². The Morgan fingerprint density at radius 2 is 2.11 bits per heavy atom. The molecule has 1 aliphatic heterocycles. The quantitative estimate of drug-likeness (QED) is 0.843. The van der Waals surface area contributed by atoms with Gasteiger partial charge < -0.3 is 15.5 Å². The van der Waals surface area contributed by atoms with Crippen LogP contribution in [0.3, 0.4) is 0 Å². The van der Waals surface area contributed by atoms with Gasteiger partial charge in [-0.3, -0.25) is 9.79 Å². The van der Waals surface area contributed by atoms with Crippen molar-refractivity contribution in [3.05, 3.63) is 35.4 Å². The number of hydrogen-bond donors (Lipinski definition) is 2. The molecule has 1 aliphatic rings. The van der Waals surface area contributed by atoms with E-state index in [0.717, 1.165) is 31.2 Å². The van der Waals surface area contributed by atoms with Gasteiger partial charge in [-0.05, 0) is 24.6 Å². The lowest BCUT2D eigenvalue weighted by Crippen LogP contribution is -2.35. The Morgan fingerprint density at radius 3 is 2.68 bits per heavy atom. The number of hydrogen-bond acceptors (Lipinski definition) is 4. The minimum absolute atomic E-state index is 0.0260. The Kier molecular flexibility index (Phi) is 4.39. The van der Waals surface area contributed by atoms with E-state index in [1.807, 2.05) is 38.2 Å². The fourth-order valence-corrected chi connectivity index (χ4v) is 1.94. The molecule has 19 heavy (non-hydrogen) atoms. The minimum atomic E-state index is -0.0260. The number of likely N-dealkylation sites (N-methyl/N-ethyl adjacent to an activating group) is 1. The van der Waals surface area contributed by atoms with Crippen LogP contribution < -0.4 is 10.6 Å². The van der Waals surface area contributed by atoms with Crippen molar-refractivity contribution < 1.29 is 4.79 Å². The van der Waals surface area contributed by atoms with Crippen LogP contribution in [0.15, 0.2) is 29.3 Å². The van der Waals surface area contributed by atoms with Gasteiger partial charge in [-0.15, -0.1) is 0 Å². The first-order valence-electron chi connectivity index (χ1n) is 6.57. The Labute approximate surface area is 113 Å². The van der Waals surface area contributed by atoms with E-state index in [2.05, 4.69) is 20.5 Å². The van der Waals surface area contributed by atoms with Crippen LogP contribution in [0.2, 0.25) is 0 Å². The number of guanidine groups is 1. The molecule has 1 aromatic rings. The van der Waals surface area contributed by atoms with Crippen molar-refractivity contribution in [3.8, 4) is 0 Å². The summed E-state index contributed by atoms with van der Waals surface area (Å²) in [7, 11) is 2.02. The highest BCUT2D eigenvalue weighted by atomic mass is 16.1. The summed E-state index contributed by atoms with van der Waals surface area (Å²) >= 11 is 0. The van der Waals surface area contributed by atoms with Crippen LogP contribution in [0, 0.1) is 0 Å². The third kappa shape index (κ3) is 3.47. The van der Waals surface area contributed by atoms with Crippen molar-refractivity contribution in [2.75, 3.05) is 26.7 Å². The van der Waals surface area contributed by atoms with E-state index >= 15 is 0 Å². The topological polar surface area (TPSA) is 56.7 Å². The first kappa shape index (κ1) is 13.4. The van der Waals surface area contributed by atoms with Crippen LogP contribution in [-0.2, 0) is 6.54 Å². The summed E-state index contributed by atoms with van der Waals surface area (Å²) in [5, 5.41) is 6.08. The molecule has 2 N–H and O–H groups in total. The average molecular weight is 260 g/mol. The highest BCUT2D eigenvalue weighted by molar-refractivity contribution is 5.94. The summed E-state index contributed by atoms with van der Waals surface area (Å²) in [4.78, 5) is 18.1. The van der Waals surface area contributed by atoms with E-state index in [4.69, 9.17) is 0 Å². The molecule has 5 heteroatoms. The van der Waals surface area contributed by atoms with E-state index < -0.39 is 0 Å². The Hall–Kier alpha value is -2.04. The second-order valence-corrected chi connectivity index (χ2v) is 4.54. The summed E-state index contributed by atoms with van der Waals surface area (Å²) in [6.45, 7) is 5.11. The number of nitrogens with zero attached hydrogens (tertiary/aromatic N) is 2. The zero-order valence-electron chi connectivity index (χ0n) is 11.4. The number of amides is 1. The molecule has 2 rings (SSSR count). The SMILES string of the molecule is CCNC(=O)c1ccc(CNC2=NCCN2C)cc1. The van der Waals surface area contributed by atoms with Crippen molar-refractivity contribution in [2.24, 2.45) is 4.99 Å². The van der Waals surface area contributed by atoms with Crippen molar-refractivity contribution in [3.63, 3.8) is 0 Å². The predicted octanol–water partition coefficient (Wildman–Crippen LogP) is 0.827. The molecule has 0 radical (unpaired) electrons. The van der Waals surface area contributed by atoms with Crippen molar-refractivity contribution >= 4 is 11.9 Å². The predicted molar refractivity (Wildman–Crippen MR) is 76.2 cm³/mol. The van der Waals surface area contributed by atoms with Gasteiger partial charge in [0.2, 0.25) is 0 Å². The van der Waals surface area contributed by atoms with Crippen LogP contribution in [0.5, 0.6) is 0 Å². The van der Waals surface area contributed by atoms with Crippen LogP contribution in [0.1, 0.15) is 22.8 Å². The molecule has 0 atom stereocenters. The largest absolute Gasteiger partial charge is 0.352 e. The maximum atomic E-state index is 11.6. The third-order valence-corrected chi connectivity index (χ3v) is 3.06. The number of rotatable bonds is 4. The summed E-state index contributed by atoms with van der Waals surface area (Å²) in [6.07, 6.45) is 0. The van der Waals surface area contributed by atoms with E-state index in [0.29, 0.717) is 12.1 Å². The molecular weight excluding hydrogens is 240 g/mol. The molecule has 0 unspecified atom stereocenters. The summed E-state index contributed by atoms with van der Waals surface area (Å²) in [5.74, 6) is 0.912. The summed E-state index contributed by atoms with van der Waals surface area (Å²) < 4.78 is 0. The molecule has 5 nitrogen and oxygen atoms in total. The van der Waals surface area contributed by atoms with E-state index in [9.17, 15) is 4.79 Å². The standard InChI is InChI=1S/C14H20N4O/c1-3-15-13(19)12-6-4-11(5-7-12)10-17-14-16-8-9-18(14)2/h4-7H,3,8-10H2,1-2H3,(H,15,19)(H,16,17). The first-order valence-corrected chi connectivity index (χ1v) is 6.57. The maximum absolute atomic E-state index is 11.6. The van der Waals surface area contributed by atoms with Crippen molar-refractivity contribution in [2.45, 2.75) is 13.5 Å². The third-order valence-electron chi connectivity index (χ3n) is 3.06. The number of carbonyl (C=O) groups excluding carboxylic acids is 1. The fraction of sp³-hybridized carbons (Fsp3) is 0.429. The minimum Gasteiger partial charge on any atom is -0.352 e. The van der Waals surface area contributed by atoms with Crippen molar-refractivity contribution in [1.29, 1.82) is 0 Å². The van der Waals surface area contributed by atoms with E-state index in [-0.39, 0.29) is 5.91 Å². The molecule has 0 spiro atoms. The van der Waals surface area contributed by atoms with Gasteiger partial charge in [-0.2, -0.15) is 0 Å². The Bertz CT molecular complexity index is 467. The molecule has 0 saturated carbocycles. The summed E-state index contributed by atoms with van der Waals surface area (Å²) in [5.41, 5.74) is 1.83. The highest BCUT2D eigenvalue weighted by Crippen LogP contribution is 2.05. The molecular formula is C14H20N4O. The Morgan fingerprint density at radius 1 is 1.37 bits per heavy atom. The molecule has 0 fully saturated rings. The van der Waals surface area contributed by atoms with Gasteiger partial charge in [0.25, 0.3) is 5.91 Å². The number of aliphatic imine (C=N–C) groups is 1. The number of benzene rings is 1. The van der Waals surface area contributed by atoms with Gasteiger partial charge in [-0.1, -0.05) is 12.1 Å². The highest BCUT2D eigenvalue weighted by Gasteiger charge is 2.11. The van der Waals surface area contributed by atoms with Crippen LogP contribution in [0.4, 0.5) is 0 Å². The van der Waals surface area contributed by atoms with Crippen molar-refractivity contribution in [1.82, 2.24) is 15.5 Å². The lowest BCUT2D eigenvalue weighted by Gasteiger charge is -2.15. The monoisotopic (exact) mass is 260 g/mol. The molecule has 0 aromatic heterocycles. The first-order chi connectivity index (χ1) is 9.20. The molecule has 1 aromatic carbocycles. The zero-order valence-corrected chi connectivity index (χ0v) is 11.4. The van der Waals surface area contributed by atoms with Gasteiger partial charge in [0.05, 0.1) is 6.54 Å². The van der Waals surface area contributed by atoms with Crippen LogP contribution in [-0.4, -0.2) is 43.4 Å². The van der Waals surface area contributed by atoms with Crippen LogP contribution in [0.25, 0.3) is 0 Å². The molecule has 102 valence electrons. The molecule has 0 aliphatic carbocycles. The number of nitrogens with one attached hydrogen (secondary N) is 2. The van der Waals surface area contributed by atoms with Gasteiger partial charge in [-0.25, -0.2) is 0 Å². The molecule has 1 heterocycles.